The monoisotopic (exact) mass is 188 g/mol. The predicted octanol–water partition coefficient (Wildman–Crippen LogP) is 2.27. The van der Waals surface area contributed by atoms with Gasteiger partial charge in [0.1, 0.15) is 0 Å². The summed E-state index contributed by atoms with van der Waals surface area (Å²) in [5.41, 5.74) is 1.19. The van der Waals surface area contributed by atoms with E-state index in [0.29, 0.717) is 0 Å². The SMILES string of the molecule is CCc1csc(SN(C)C)n1. The van der Waals surface area contributed by atoms with E-state index in [0.717, 1.165) is 10.8 Å². The fraction of sp³-hybridized carbons (Fsp3) is 0.571. The minimum atomic E-state index is 1.03. The van der Waals surface area contributed by atoms with Crippen LogP contribution in [0.25, 0.3) is 0 Å². The van der Waals surface area contributed by atoms with Gasteiger partial charge in [-0.25, -0.2) is 4.98 Å². The van der Waals surface area contributed by atoms with Gasteiger partial charge in [-0.15, -0.1) is 11.3 Å². The van der Waals surface area contributed by atoms with E-state index in [2.05, 4.69) is 21.6 Å². The molecule has 62 valence electrons. The second-order valence-corrected chi connectivity index (χ2v) is 4.78. The molecule has 0 N–H and O–H groups in total. The van der Waals surface area contributed by atoms with Crippen molar-refractivity contribution in [1.29, 1.82) is 0 Å². The molecule has 2 nitrogen and oxygen atoms in total. The molecule has 0 saturated heterocycles. The van der Waals surface area contributed by atoms with Crippen LogP contribution in [-0.4, -0.2) is 23.4 Å². The number of aromatic nitrogens is 1. The van der Waals surface area contributed by atoms with Crippen molar-refractivity contribution in [3.63, 3.8) is 0 Å². The van der Waals surface area contributed by atoms with Crippen molar-refractivity contribution < 1.29 is 0 Å². The van der Waals surface area contributed by atoms with E-state index < -0.39 is 0 Å². The Kier molecular flexibility index (Phi) is 3.36. The third-order valence-electron chi connectivity index (χ3n) is 1.15. The first-order chi connectivity index (χ1) is 5.22. The summed E-state index contributed by atoms with van der Waals surface area (Å²) in [6.45, 7) is 2.12. The summed E-state index contributed by atoms with van der Waals surface area (Å²) in [6, 6.07) is 0. The molecule has 0 radical (unpaired) electrons. The van der Waals surface area contributed by atoms with E-state index in [1.165, 1.54) is 5.69 Å². The van der Waals surface area contributed by atoms with Crippen LogP contribution in [-0.2, 0) is 6.42 Å². The third-order valence-corrected chi connectivity index (χ3v) is 2.96. The highest BCUT2D eigenvalue weighted by Gasteiger charge is 2.01. The van der Waals surface area contributed by atoms with Crippen LogP contribution >= 0.6 is 23.3 Å². The smallest absolute Gasteiger partial charge is 0.165 e. The average molecular weight is 188 g/mol. The normalized spacial score (nSPS) is 10.9. The number of nitrogens with zero attached hydrogens (tertiary/aromatic N) is 2. The molecule has 0 saturated carbocycles. The lowest BCUT2D eigenvalue weighted by molar-refractivity contribution is 0.701. The first-order valence-corrected chi connectivity index (χ1v) is 5.17. The van der Waals surface area contributed by atoms with Crippen LogP contribution < -0.4 is 0 Å². The summed E-state index contributed by atoms with van der Waals surface area (Å²) in [5, 5.41) is 2.12. The Morgan fingerprint density at radius 2 is 2.36 bits per heavy atom. The van der Waals surface area contributed by atoms with E-state index in [1.807, 2.05) is 14.1 Å². The van der Waals surface area contributed by atoms with Crippen molar-refractivity contribution >= 4 is 23.3 Å². The molecule has 1 heterocycles. The lowest BCUT2D eigenvalue weighted by Crippen LogP contribution is -1.98. The molecule has 0 aliphatic carbocycles. The lowest BCUT2D eigenvalue weighted by Gasteiger charge is -2.03. The summed E-state index contributed by atoms with van der Waals surface area (Å²) >= 11 is 3.39. The second kappa shape index (κ2) is 4.09. The first-order valence-electron chi connectivity index (χ1n) is 3.52. The van der Waals surface area contributed by atoms with Crippen LogP contribution in [0, 0.1) is 0 Å². The highest BCUT2D eigenvalue weighted by atomic mass is 32.2. The quantitative estimate of drug-likeness (QED) is 0.677. The van der Waals surface area contributed by atoms with E-state index >= 15 is 0 Å². The van der Waals surface area contributed by atoms with Gasteiger partial charge >= 0.3 is 0 Å². The predicted molar refractivity (Wildman–Crippen MR) is 51.0 cm³/mol. The Morgan fingerprint density at radius 3 is 2.82 bits per heavy atom. The largest absolute Gasteiger partial charge is 0.251 e. The fourth-order valence-electron chi connectivity index (χ4n) is 0.649. The Hall–Kier alpha value is -0.0600. The van der Waals surface area contributed by atoms with Gasteiger partial charge in [0.25, 0.3) is 0 Å². The van der Waals surface area contributed by atoms with Gasteiger partial charge < -0.3 is 0 Å². The molecule has 0 unspecified atom stereocenters. The van der Waals surface area contributed by atoms with Crippen LogP contribution in [0.3, 0.4) is 0 Å². The molecule has 0 bridgehead atoms. The first kappa shape index (κ1) is 9.03. The van der Waals surface area contributed by atoms with Crippen molar-refractivity contribution in [2.75, 3.05) is 14.1 Å². The van der Waals surface area contributed by atoms with Crippen LogP contribution in [0.4, 0.5) is 0 Å². The molecule has 1 aromatic heterocycles. The molecule has 0 aliphatic rings. The topological polar surface area (TPSA) is 16.1 Å². The minimum absolute atomic E-state index is 1.03. The number of thiazole rings is 1. The van der Waals surface area contributed by atoms with Crippen LogP contribution in [0.15, 0.2) is 9.72 Å². The minimum Gasteiger partial charge on any atom is -0.251 e. The van der Waals surface area contributed by atoms with Crippen LogP contribution in [0.5, 0.6) is 0 Å². The summed E-state index contributed by atoms with van der Waals surface area (Å²) in [4.78, 5) is 4.41. The summed E-state index contributed by atoms with van der Waals surface area (Å²) in [7, 11) is 4.05. The molecule has 0 fully saturated rings. The highest BCUT2D eigenvalue weighted by Crippen LogP contribution is 2.23. The van der Waals surface area contributed by atoms with Gasteiger partial charge in [0.15, 0.2) is 4.34 Å². The molecular formula is C7H12N2S2. The van der Waals surface area contributed by atoms with Crippen molar-refractivity contribution in [1.82, 2.24) is 9.29 Å². The zero-order valence-corrected chi connectivity index (χ0v) is 8.63. The van der Waals surface area contributed by atoms with Crippen molar-refractivity contribution in [2.24, 2.45) is 0 Å². The molecule has 0 amide bonds. The maximum atomic E-state index is 4.41. The molecule has 1 rings (SSSR count). The Morgan fingerprint density at radius 1 is 1.64 bits per heavy atom. The Labute approximate surface area is 75.8 Å². The van der Waals surface area contributed by atoms with E-state index in [-0.39, 0.29) is 0 Å². The van der Waals surface area contributed by atoms with Crippen molar-refractivity contribution in [2.45, 2.75) is 17.7 Å². The molecule has 11 heavy (non-hydrogen) atoms. The van der Waals surface area contributed by atoms with Gasteiger partial charge in [-0.05, 0) is 32.5 Å². The molecular weight excluding hydrogens is 176 g/mol. The maximum absolute atomic E-state index is 4.41. The van der Waals surface area contributed by atoms with Gasteiger partial charge in [0.2, 0.25) is 0 Å². The molecule has 0 spiro atoms. The fourth-order valence-corrected chi connectivity index (χ4v) is 2.51. The van der Waals surface area contributed by atoms with Crippen molar-refractivity contribution in [3.8, 4) is 0 Å². The maximum Gasteiger partial charge on any atom is 0.165 e. The molecule has 4 heteroatoms. The van der Waals surface area contributed by atoms with Gasteiger partial charge in [0.05, 0.1) is 5.69 Å². The van der Waals surface area contributed by atoms with Crippen LogP contribution in [0.1, 0.15) is 12.6 Å². The zero-order valence-electron chi connectivity index (χ0n) is 7.00. The number of rotatable bonds is 3. The van der Waals surface area contributed by atoms with E-state index in [4.69, 9.17) is 0 Å². The van der Waals surface area contributed by atoms with Gasteiger partial charge in [-0.2, -0.15) is 0 Å². The average Bonchev–Trinajstić information content (AvgIpc) is 2.34. The summed E-state index contributed by atoms with van der Waals surface area (Å²) in [5.74, 6) is 0. The summed E-state index contributed by atoms with van der Waals surface area (Å²) in [6.07, 6.45) is 1.03. The van der Waals surface area contributed by atoms with Gasteiger partial charge in [-0.1, -0.05) is 6.92 Å². The molecule has 0 aliphatic heterocycles. The number of hydrogen-bond acceptors (Lipinski definition) is 4. The lowest BCUT2D eigenvalue weighted by atomic mass is 10.4. The van der Waals surface area contributed by atoms with E-state index in [9.17, 15) is 0 Å². The highest BCUT2D eigenvalue weighted by molar-refractivity contribution is 7.98. The van der Waals surface area contributed by atoms with Gasteiger partial charge in [0, 0.05) is 5.38 Å². The standard InChI is InChI=1S/C7H12N2S2/c1-4-6-5-10-7(8-6)11-9(2)3/h5H,4H2,1-3H3. The Bertz CT molecular complexity index is 220. The molecule has 0 atom stereocenters. The van der Waals surface area contributed by atoms with Crippen molar-refractivity contribution in [3.05, 3.63) is 11.1 Å². The zero-order chi connectivity index (χ0) is 8.27. The Balaban J connectivity index is 2.58. The second-order valence-electron chi connectivity index (χ2n) is 2.36. The van der Waals surface area contributed by atoms with Gasteiger partial charge in [-0.3, -0.25) is 4.31 Å². The summed E-state index contributed by atoms with van der Waals surface area (Å²) < 4.78 is 3.19. The number of hydrogen-bond donors (Lipinski definition) is 0. The molecule has 1 aromatic rings. The van der Waals surface area contributed by atoms with Crippen LogP contribution in [0.2, 0.25) is 0 Å². The number of aryl methyl sites for hydroxylation is 1. The van der Waals surface area contributed by atoms with E-state index in [1.54, 1.807) is 23.3 Å². The third kappa shape index (κ3) is 2.81. The molecule has 0 aromatic carbocycles.